The highest BCUT2D eigenvalue weighted by atomic mass is 19.4. The van der Waals surface area contributed by atoms with Crippen LogP contribution in [0.3, 0.4) is 0 Å². The molecule has 10 aromatic rings. The Hall–Kier alpha value is -8.63. The lowest BCUT2D eigenvalue weighted by atomic mass is 10.0. The molecule has 0 unspecified atom stereocenters. The number of halogens is 6. The van der Waals surface area contributed by atoms with Crippen LogP contribution in [0.5, 0.6) is 5.75 Å². The molecule has 9 heterocycles. The Kier molecular flexibility index (Phi) is 15.0. The summed E-state index contributed by atoms with van der Waals surface area (Å²) in [6.07, 6.45) is 11.2. The van der Waals surface area contributed by atoms with Crippen molar-refractivity contribution in [3.8, 4) is 39.5 Å². The standard InChI is InChI=1S/C20H18F6N4O.C18H15N5.C16H16N4O2/c21-19(22,23)14-7-13(8-15(9-14)20(24,25)26)16-11-30-4-3-27-18(30)17(29-16)28-10-12-1-5-31-6-2-12;1-2-4-15(5-3-1)16-13-23-11-10-20-18(23)17(22-16)21-12-14-6-8-19-9-7-14;21-13-3-1-12(2-4-13)14-11-20-6-5-17-15(20)16(18-14)19-7-9-22-10-8-19/h3-4,7-9,11-12H,1-2,5-6,10H2,(H,28,29);1-11,13H,12H2,(H,21,22);1-6,11,21H,7-10H2. The van der Waals surface area contributed by atoms with Crippen molar-refractivity contribution in [1.82, 2.24) is 48.1 Å². The molecule has 0 saturated carbocycles. The third-order valence-electron chi connectivity index (χ3n) is 12.6. The molecule has 2 fully saturated rings. The zero-order valence-corrected chi connectivity index (χ0v) is 40.5. The van der Waals surface area contributed by atoms with Gasteiger partial charge in [0.25, 0.3) is 0 Å². The molecule has 0 spiro atoms. The first-order chi connectivity index (χ1) is 36.8. The maximum absolute atomic E-state index is 13.2. The molecule has 0 aliphatic carbocycles. The van der Waals surface area contributed by atoms with Crippen LogP contribution >= 0.6 is 0 Å². The highest BCUT2D eigenvalue weighted by Crippen LogP contribution is 2.39. The van der Waals surface area contributed by atoms with Gasteiger partial charge in [0.05, 0.1) is 41.4 Å². The molecule has 2 saturated heterocycles. The molecule has 0 atom stereocenters. The van der Waals surface area contributed by atoms with Gasteiger partial charge in [-0.3, -0.25) is 4.98 Å². The Morgan fingerprint density at radius 1 is 0.553 bits per heavy atom. The van der Waals surface area contributed by atoms with Gasteiger partial charge in [0.2, 0.25) is 0 Å². The van der Waals surface area contributed by atoms with E-state index < -0.39 is 23.5 Å². The molecule has 2 aliphatic rings. The monoisotopic (exact) mass is 1040 g/mol. The summed E-state index contributed by atoms with van der Waals surface area (Å²) in [6.45, 7) is 5.54. The van der Waals surface area contributed by atoms with Crippen LogP contribution in [-0.4, -0.2) is 99.3 Å². The lowest BCUT2D eigenvalue weighted by Crippen LogP contribution is -2.37. The molecule has 12 rings (SSSR count). The van der Waals surface area contributed by atoms with Crippen LogP contribution in [0, 0.1) is 5.92 Å². The summed E-state index contributed by atoms with van der Waals surface area (Å²) >= 11 is 0. The fourth-order valence-corrected chi connectivity index (χ4v) is 8.64. The first-order valence-electron chi connectivity index (χ1n) is 24.3. The first-order valence-corrected chi connectivity index (χ1v) is 24.3. The maximum Gasteiger partial charge on any atom is 0.416 e. The van der Waals surface area contributed by atoms with E-state index in [0.29, 0.717) is 69.0 Å². The Morgan fingerprint density at radius 2 is 1.07 bits per heavy atom. The van der Waals surface area contributed by atoms with Crippen LogP contribution in [0.1, 0.15) is 29.5 Å². The van der Waals surface area contributed by atoms with Crippen LogP contribution in [0.25, 0.3) is 50.7 Å². The first kappa shape index (κ1) is 50.9. The predicted octanol–water partition coefficient (Wildman–Crippen LogP) is 10.6. The Morgan fingerprint density at radius 3 is 1.66 bits per heavy atom. The van der Waals surface area contributed by atoms with Gasteiger partial charge in [-0.1, -0.05) is 30.3 Å². The number of hydrogen-bond donors (Lipinski definition) is 3. The van der Waals surface area contributed by atoms with Crippen LogP contribution < -0.4 is 15.5 Å². The number of anilines is 3. The molecule has 3 aromatic carbocycles. The normalized spacial score (nSPS) is 14.3. The lowest BCUT2D eigenvalue weighted by molar-refractivity contribution is -0.143. The number of nitrogens with one attached hydrogen (secondary N) is 2. The quantitative estimate of drug-likeness (QED) is 0.111. The second-order valence-corrected chi connectivity index (χ2v) is 17.8. The molecule has 76 heavy (non-hydrogen) atoms. The van der Waals surface area contributed by atoms with Crippen molar-refractivity contribution in [3.05, 3.63) is 170 Å². The summed E-state index contributed by atoms with van der Waals surface area (Å²) < 4.78 is 95.6. The smallest absolute Gasteiger partial charge is 0.416 e. The zero-order valence-electron chi connectivity index (χ0n) is 40.5. The topological polar surface area (TPSA) is 169 Å². The minimum absolute atomic E-state index is 0.0309. The van der Waals surface area contributed by atoms with E-state index in [-0.39, 0.29) is 23.1 Å². The van der Waals surface area contributed by atoms with E-state index in [1.807, 2.05) is 76.1 Å². The highest BCUT2D eigenvalue weighted by molar-refractivity contribution is 5.72. The number of rotatable bonds is 10. The van der Waals surface area contributed by atoms with Crippen molar-refractivity contribution in [3.63, 3.8) is 0 Å². The third-order valence-corrected chi connectivity index (χ3v) is 12.6. The van der Waals surface area contributed by atoms with Crippen molar-refractivity contribution in [1.29, 1.82) is 0 Å². The highest BCUT2D eigenvalue weighted by Gasteiger charge is 2.37. The molecule has 7 aromatic heterocycles. The minimum Gasteiger partial charge on any atom is -0.508 e. The number of phenolic OH excluding ortho intramolecular Hbond substituents is 1. The van der Waals surface area contributed by atoms with E-state index in [0.717, 1.165) is 76.9 Å². The van der Waals surface area contributed by atoms with E-state index >= 15 is 0 Å². The number of ether oxygens (including phenoxy) is 2. The fraction of sp³-hybridized carbons (Fsp3) is 0.241. The van der Waals surface area contributed by atoms with E-state index in [1.165, 1.54) is 16.8 Å². The van der Waals surface area contributed by atoms with Crippen molar-refractivity contribution >= 4 is 34.4 Å². The minimum atomic E-state index is -4.93. The Labute approximate surface area is 430 Å². The molecule has 16 nitrogen and oxygen atoms in total. The molecule has 22 heteroatoms. The van der Waals surface area contributed by atoms with E-state index in [9.17, 15) is 31.4 Å². The number of pyridine rings is 1. The molecular weight excluding hydrogens is 993 g/mol. The molecule has 0 radical (unpaired) electrons. The van der Waals surface area contributed by atoms with E-state index in [4.69, 9.17) is 19.4 Å². The summed E-state index contributed by atoms with van der Waals surface area (Å²) in [7, 11) is 0. The summed E-state index contributed by atoms with van der Waals surface area (Å²) in [4.78, 5) is 33.1. The van der Waals surface area contributed by atoms with Crippen molar-refractivity contribution < 1.29 is 40.9 Å². The number of morpholine rings is 1. The number of phenols is 1. The van der Waals surface area contributed by atoms with Crippen molar-refractivity contribution in [2.75, 3.05) is 61.6 Å². The predicted molar refractivity (Wildman–Crippen MR) is 274 cm³/mol. The Bertz CT molecular complexity index is 3490. The number of alkyl halides is 6. The lowest BCUT2D eigenvalue weighted by Gasteiger charge is -2.28. The number of benzene rings is 3. The summed E-state index contributed by atoms with van der Waals surface area (Å²) in [5, 5.41) is 16.0. The average molecular weight is 1040 g/mol. The van der Waals surface area contributed by atoms with Gasteiger partial charge >= 0.3 is 12.4 Å². The SMILES string of the molecule is FC(F)(F)c1cc(-c2cn3ccnc3c(NCC3CCOCC3)n2)cc(C(F)(F)F)c1.Oc1ccc(-c2cn3ccnc3c(N3CCOCC3)n2)cc1.c1ccc(-c2cn3ccnc3c(NCc3ccncc3)n2)cc1. The molecule has 390 valence electrons. The van der Waals surface area contributed by atoms with Gasteiger partial charge in [0, 0.05) is 124 Å². The van der Waals surface area contributed by atoms with Gasteiger partial charge in [-0.15, -0.1) is 0 Å². The van der Waals surface area contributed by atoms with Crippen molar-refractivity contribution in [2.24, 2.45) is 5.92 Å². The summed E-state index contributed by atoms with van der Waals surface area (Å²) in [6, 6.07) is 22.6. The third kappa shape index (κ3) is 12.1. The van der Waals surface area contributed by atoms with Crippen molar-refractivity contribution in [2.45, 2.75) is 31.7 Å². The zero-order chi connectivity index (χ0) is 52.7. The second-order valence-electron chi connectivity index (χ2n) is 17.8. The van der Waals surface area contributed by atoms with Crippen LogP contribution in [0.4, 0.5) is 43.8 Å². The van der Waals surface area contributed by atoms with E-state index in [1.54, 1.807) is 43.1 Å². The molecule has 0 bridgehead atoms. The average Bonchev–Trinajstić information content (AvgIpc) is 4.26. The fourth-order valence-electron chi connectivity index (χ4n) is 8.64. The number of hydrogen-bond acceptors (Lipinski definition) is 13. The van der Waals surface area contributed by atoms with E-state index in [2.05, 4.69) is 52.6 Å². The number of aromatic hydroxyl groups is 1. The van der Waals surface area contributed by atoms with Gasteiger partial charge < -0.3 is 43.3 Å². The van der Waals surface area contributed by atoms with Crippen LogP contribution in [-0.2, 0) is 28.4 Å². The molecule has 2 aliphatic heterocycles. The van der Waals surface area contributed by atoms with Gasteiger partial charge in [-0.25, -0.2) is 29.9 Å². The number of nitrogens with zero attached hydrogens (tertiary/aromatic N) is 11. The Balaban J connectivity index is 0.000000132. The molecule has 3 N–H and O–H groups in total. The summed E-state index contributed by atoms with van der Waals surface area (Å²) in [5.41, 5.74) is 3.96. The van der Waals surface area contributed by atoms with Gasteiger partial charge in [-0.2, -0.15) is 26.3 Å². The number of aromatic nitrogens is 10. The summed E-state index contributed by atoms with van der Waals surface area (Å²) in [5.74, 6) is 2.51. The number of fused-ring (bicyclic) bond motifs is 3. The van der Waals surface area contributed by atoms with Crippen LogP contribution in [0.2, 0.25) is 0 Å². The maximum atomic E-state index is 13.2. The second kappa shape index (κ2) is 22.5. The molecule has 0 amide bonds. The van der Waals surface area contributed by atoms with Gasteiger partial charge in [0.1, 0.15) is 5.75 Å². The van der Waals surface area contributed by atoms with Crippen LogP contribution in [0.15, 0.2) is 153 Å². The molecular formula is C54H49F6N13O3. The van der Waals surface area contributed by atoms with Gasteiger partial charge in [-0.05, 0) is 78.9 Å². The largest absolute Gasteiger partial charge is 0.508 e. The number of imidazole rings is 3. The van der Waals surface area contributed by atoms with Gasteiger partial charge in [0.15, 0.2) is 34.4 Å².